The van der Waals surface area contributed by atoms with Gasteiger partial charge in [-0.3, -0.25) is 4.79 Å². The number of nitrogens with zero attached hydrogens (tertiary/aromatic N) is 6. The van der Waals surface area contributed by atoms with Crippen molar-refractivity contribution >= 4 is 24.1 Å². The number of carbonyl (C=O) groups is 2. The van der Waals surface area contributed by atoms with Crippen molar-refractivity contribution in [2.45, 2.75) is 31.4 Å². The summed E-state index contributed by atoms with van der Waals surface area (Å²) in [5, 5.41) is 19.9. The van der Waals surface area contributed by atoms with Gasteiger partial charge in [0.1, 0.15) is 5.82 Å². The van der Waals surface area contributed by atoms with Gasteiger partial charge < -0.3 is 20.3 Å². The molecule has 1 aromatic heterocycles. The van der Waals surface area contributed by atoms with Crippen molar-refractivity contribution in [2.24, 2.45) is 11.0 Å². The van der Waals surface area contributed by atoms with Crippen molar-refractivity contribution in [1.82, 2.24) is 25.2 Å². The summed E-state index contributed by atoms with van der Waals surface area (Å²) in [5.41, 5.74) is 0.296. The van der Waals surface area contributed by atoms with Crippen LogP contribution in [0, 0.1) is 28.9 Å². The maximum absolute atomic E-state index is 14.3. The summed E-state index contributed by atoms with van der Waals surface area (Å²) >= 11 is 0. The smallest absolute Gasteiger partial charge is 0.338 e. The predicted molar refractivity (Wildman–Crippen MR) is 131 cm³/mol. The predicted octanol–water partition coefficient (Wildman–Crippen LogP) is 2.43. The number of nitriles is 1. The van der Waals surface area contributed by atoms with Gasteiger partial charge in [0.25, 0.3) is 5.91 Å². The van der Waals surface area contributed by atoms with Crippen molar-refractivity contribution in [3.05, 3.63) is 52.9 Å². The number of hydrogen-bond acceptors (Lipinski definition) is 8. The number of benzene rings is 1. The molecule has 2 N–H and O–H groups in total. The van der Waals surface area contributed by atoms with Crippen LogP contribution in [0.2, 0.25) is 0 Å². The van der Waals surface area contributed by atoms with Crippen LogP contribution >= 0.6 is 0 Å². The quantitative estimate of drug-likeness (QED) is 0.481. The van der Waals surface area contributed by atoms with Crippen LogP contribution in [0.4, 0.5) is 19.5 Å². The van der Waals surface area contributed by atoms with E-state index in [1.807, 2.05) is 6.07 Å². The fourth-order valence-electron chi connectivity index (χ4n) is 4.20. The normalized spacial score (nSPS) is 18.7. The maximum atomic E-state index is 14.3. The number of hydrogen-bond donors (Lipinski definition) is 2. The summed E-state index contributed by atoms with van der Waals surface area (Å²) in [5.74, 6) is -1.23. The van der Waals surface area contributed by atoms with Gasteiger partial charge >= 0.3 is 6.03 Å². The monoisotopic (exact) mass is 524 g/mol. The van der Waals surface area contributed by atoms with E-state index in [1.54, 1.807) is 6.21 Å². The summed E-state index contributed by atoms with van der Waals surface area (Å²) in [6.45, 7) is 1.83. The largest absolute Gasteiger partial charge is 0.374 e. The molecule has 0 spiro atoms. The first kappa shape index (κ1) is 25.5. The van der Waals surface area contributed by atoms with Crippen LogP contribution in [0.3, 0.4) is 0 Å². The van der Waals surface area contributed by atoms with Gasteiger partial charge in [-0.15, -0.1) is 0 Å². The van der Waals surface area contributed by atoms with Crippen LogP contribution in [-0.4, -0.2) is 76.9 Å². The number of ether oxygens (including phenoxy) is 1. The number of aromatic nitrogens is 2. The number of rotatable bonds is 9. The zero-order valence-electron chi connectivity index (χ0n) is 20.4. The van der Waals surface area contributed by atoms with E-state index in [2.05, 4.69) is 25.7 Å². The molecule has 11 nitrogen and oxygen atoms in total. The Morgan fingerprint density at radius 1 is 1.18 bits per heavy atom. The number of urea groups is 1. The minimum Gasteiger partial charge on any atom is -0.374 e. The van der Waals surface area contributed by atoms with E-state index in [1.165, 1.54) is 34.9 Å². The second-order valence-electron chi connectivity index (χ2n) is 9.44. The van der Waals surface area contributed by atoms with E-state index in [0.29, 0.717) is 37.6 Å². The molecule has 1 aromatic carbocycles. The minimum atomic E-state index is -0.814. The second kappa shape index (κ2) is 11.1. The van der Waals surface area contributed by atoms with Gasteiger partial charge in [0.05, 0.1) is 30.0 Å². The third kappa shape index (κ3) is 5.86. The lowest BCUT2D eigenvalue weighted by Gasteiger charge is -2.38. The molecular formula is C25H26F2N8O3. The summed E-state index contributed by atoms with van der Waals surface area (Å²) < 4.78 is 33.9. The molecule has 3 heterocycles. The molecule has 1 saturated heterocycles. The molecule has 5 rings (SSSR count). The fraction of sp³-hybridized carbons (Fsp3) is 0.440. The van der Waals surface area contributed by atoms with Gasteiger partial charge in [0.15, 0.2) is 11.5 Å². The molecule has 1 saturated carbocycles. The Balaban J connectivity index is 1.10. The highest BCUT2D eigenvalue weighted by Gasteiger charge is 2.35. The van der Waals surface area contributed by atoms with E-state index in [-0.39, 0.29) is 36.4 Å². The standard InChI is InChI=1S/C25H26F2N8O3/c26-18-8-16(10-28)7-17(9-18)21-3-4-32-35(21)25(37)30-6-5-29-24-31-11-20(27)22(33-24)23(36)34-12-19(13-34)38-14-15-1-2-15/h4,7-9,11,15,19,21H,1-3,5-6,12-14H2,(H,30,37)(H,29,31,33)/t21-/m0/s1. The van der Waals surface area contributed by atoms with Crippen LogP contribution in [-0.2, 0) is 4.74 Å². The van der Waals surface area contributed by atoms with Crippen LogP contribution in [0.1, 0.15) is 46.9 Å². The molecule has 13 heteroatoms. The average molecular weight is 525 g/mol. The van der Waals surface area contributed by atoms with Crippen LogP contribution < -0.4 is 10.6 Å². The Morgan fingerprint density at radius 3 is 2.76 bits per heavy atom. The molecule has 0 radical (unpaired) electrons. The maximum Gasteiger partial charge on any atom is 0.338 e. The third-order valence-electron chi connectivity index (χ3n) is 6.50. The second-order valence-corrected chi connectivity index (χ2v) is 9.44. The molecule has 0 unspecified atom stereocenters. The highest BCUT2D eigenvalue weighted by atomic mass is 19.1. The average Bonchev–Trinajstić information content (AvgIpc) is 3.58. The topological polar surface area (TPSA) is 136 Å². The third-order valence-corrected chi connectivity index (χ3v) is 6.50. The summed E-state index contributed by atoms with van der Waals surface area (Å²) in [7, 11) is 0. The molecule has 0 bridgehead atoms. The number of nitrogens with one attached hydrogen (secondary N) is 2. The van der Waals surface area contributed by atoms with Crippen LogP contribution in [0.25, 0.3) is 0 Å². The number of anilines is 1. The molecule has 198 valence electrons. The Labute approximate surface area is 217 Å². The van der Waals surface area contributed by atoms with Gasteiger partial charge in [-0.1, -0.05) is 0 Å². The Morgan fingerprint density at radius 2 is 2.00 bits per heavy atom. The van der Waals surface area contributed by atoms with Crippen molar-refractivity contribution in [3.63, 3.8) is 0 Å². The molecule has 2 fully saturated rings. The Kier molecular flexibility index (Phi) is 7.41. The van der Waals surface area contributed by atoms with E-state index < -0.39 is 29.6 Å². The van der Waals surface area contributed by atoms with Crippen molar-refractivity contribution in [3.8, 4) is 6.07 Å². The lowest BCUT2D eigenvalue weighted by atomic mass is 10.0. The highest BCUT2D eigenvalue weighted by molar-refractivity contribution is 5.93. The fourth-order valence-corrected chi connectivity index (χ4v) is 4.20. The molecule has 1 aliphatic carbocycles. The van der Waals surface area contributed by atoms with Gasteiger partial charge in [0, 0.05) is 45.4 Å². The zero-order valence-corrected chi connectivity index (χ0v) is 20.4. The van der Waals surface area contributed by atoms with Crippen molar-refractivity contribution in [2.75, 3.05) is 38.1 Å². The number of amides is 3. The van der Waals surface area contributed by atoms with Crippen molar-refractivity contribution in [1.29, 1.82) is 5.26 Å². The van der Waals surface area contributed by atoms with Crippen LogP contribution in [0.5, 0.6) is 0 Å². The van der Waals surface area contributed by atoms with E-state index >= 15 is 0 Å². The molecule has 38 heavy (non-hydrogen) atoms. The van der Waals surface area contributed by atoms with Gasteiger partial charge in [-0.25, -0.2) is 28.6 Å². The molecule has 3 amide bonds. The van der Waals surface area contributed by atoms with Crippen molar-refractivity contribution < 1.29 is 23.1 Å². The molecule has 3 aliphatic rings. The highest BCUT2D eigenvalue weighted by Crippen LogP contribution is 2.30. The SMILES string of the molecule is N#Cc1cc(F)cc([C@@H]2CC=NN2C(=O)NCCNc2ncc(F)c(C(=O)N3CC(OCC4CC4)C3)n2)c1. The molecule has 1 atom stereocenters. The number of likely N-dealkylation sites (tertiary alicyclic amines) is 1. The van der Waals surface area contributed by atoms with Gasteiger partial charge in [0.2, 0.25) is 5.95 Å². The lowest BCUT2D eigenvalue weighted by molar-refractivity contribution is -0.0462. The van der Waals surface area contributed by atoms with Gasteiger partial charge in [-0.05, 0) is 42.5 Å². The first-order valence-electron chi connectivity index (χ1n) is 12.4. The first-order valence-corrected chi connectivity index (χ1v) is 12.4. The summed E-state index contributed by atoms with van der Waals surface area (Å²) in [6, 6.07) is 4.76. The molecular weight excluding hydrogens is 498 g/mol. The zero-order chi connectivity index (χ0) is 26.6. The first-order chi connectivity index (χ1) is 18.4. The number of halogens is 2. The van der Waals surface area contributed by atoms with E-state index in [4.69, 9.17) is 10.00 Å². The summed E-state index contributed by atoms with van der Waals surface area (Å²) in [6.07, 6.45) is 5.20. The number of hydrazone groups is 1. The lowest BCUT2D eigenvalue weighted by Crippen LogP contribution is -2.55. The molecule has 2 aliphatic heterocycles. The van der Waals surface area contributed by atoms with E-state index in [0.717, 1.165) is 12.3 Å². The van der Waals surface area contributed by atoms with Gasteiger partial charge in [-0.2, -0.15) is 10.4 Å². The van der Waals surface area contributed by atoms with E-state index in [9.17, 15) is 18.4 Å². The Hall–Kier alpha value is -4.18. The molecule has 2 aromatic rings. The van der Waals surface area contributed by atoms with Crippen LogP contribution in [0.15, 0.2) is 29.5 Å². The summed E-state index contributed by atoms with van der Waals surface area (Å²) in [4.78, 5) is 34.7. The number of carbonyl (C=O) groups excluding carboxylic acids is 2. The Bertz CT molecular complexity index is 1290. The minimum absolute atomic E-state index is 0.0282.